The molecular weight excluding hydrogens is 588 g/mol. The van der Waals surface area contributed by atoms with E-state index in [4.69, 9.17) is 9.47 Å². The summed E-state index contributed by atoms with van der Waals surface area (Å²) in [6, 6.07) is 9.55. The van der Waals surface area contributed by atoms with E-state index < -0.39 is 35.4 Å². The number of β-amino-alcohol motifs (C(OH)–C–C–N with tert-alkyl or cyclic N) is 1. The number of benzene rings is 2. The molecule has 1 aliphatic rings. The lowest BCUT2D eigenvalue weighted by Crippen LogP contribution is -2.43. The summed E-state index contributed by atoms with van der Waals surface area (Å²) >= 11 is 0. The van der Waals surface area contributed by atoms with Gasteiger partial charge in [-0.05, 0) is 49.1 Å². The van der Waals surface area contributed by atoms with E-state index >= 15 is 0 Å². The number of likely N-dealkylation sites (tertiary alicyclic amines) is 1. The molecular formula is C30H36F4N4O4S. The van der Waals surface area contributed by atoms with Gasteiger partial charge in [-0.25, -0.2) is 4.39 Å². The van der Waals surface area contributed by atoms with Crippen LogP contribution in [0.5, 0.6) is 5.75 Å². The molecule has 4 rings (SSSR count). The quantitative estimate of drug-likeness (QED) is 0.215. The van der Waals surface area contributed by atoms with Crippen molar-refractivity contribution in [2.75, 3.05) is 63.9 Å². The molecule has 0 amide bonds. The van der Waals surface area contributed by atoms with E-state index in [-0.39, 0.29) is 41.2 Å². The number of nitrogens with zero attached hydrogens (tertiary/aromatic N) is 2. The number of aliphatic hydroxyl groups excluding tert-OH is 1. The minimum absolute atomic E-state index is 0.0209. The summed E-state index contributed by atoms with van der Waals surface area (Å²) in [6.07, 6.45) is -1.98. The Bertz CT molecular complexity index is 1490. The third-order valence-electron chi connectivity index (χ3n) is 7.21. The largest absolute Gasteiger partial charge is 0.494 e. The fourth-order valence-corrected chi connectivity index (χ4v) is 5.75. The van der Waals surface area contributed by atoms with Crippen LogP contribution in [0.3, 0.4) is 0 Å². The number of fused-ring (bicyclic) bond motifs is 1. The smallest absolute Gasteiger partial charge is 0.406 e. The SMILES string of the molecule is COCC(O)CN1CCC(Nc2cccc3c2cc(C#CCNc2c(F)cc(S(C)=O)cc2OC)n3CC(F)(F)F)CC1. The molecule has 3 aromatic rings. The average molecular weight is 625 g/mol. The van der Waals surface area contributed by atoms with Gasteiger partial charge in [0.25, 0.3) is 0 Å². The molecule has 43 heavy (non-hydrogen) atoms. The van der Waals surface area contributed by atoms with Crippen molar-refractivity contribution in [2.24, 2.45) is 0 Å². The fourth-order valence-electron chi connectivity index (χ4n) is 5.21. The molecule has 2 heterocycles. The summed E-state index contributed by atoms with van der Waals surface area (Å²) in [6.45, 7) is 1.07. The highest BCUT2D eigenvalue weighted by Crippen LogP contribution is 2.32. The second kappa shape index (κ2) is 14.4. The minimum Gasteiger partial charge on any atom is -0.494 e. The first-order valence-corrected chi connectivity index (χ1v) is 15.3. The Morgan fingerprint density at radius 3 is 2.58 bits per heavy atom. The monoisotopic (exact) mass is 624 g/mol. The van der Waals surface area contributed by atoms with E-state index in [2.05, 4.69) is 27.4 Å². The van der Waals surface area contributed by atoms with Gasteiger partial charge in [-0.15, -0.1) is 0 Å². The Hall–Kier alpha value is -3.31. The summed E-state index contributed by atoms with van der Waals surface area (Å²) in [5.74, 6) is 5.08. The zero-order valence-corrected chi connectivity index (χ0v) is 25.1. The second-order valence-corrected chi connectivity index (χ2v) is 11.8. The Kier molecular flexibility index (Phi) is 10.9. The van der Waals surface area contributed by atoms with E-state index in [0.717, 1.165) is 42.3 Å². The topological polar surface area (TPSA) is 88.0 Å². The summed E-state index contributed by atoms with van der Waals surface area (Å²) in [5, 5.41) is 17.0. The Balaban J connectivity index is 1.53. The van der Waals surface area contributed by atoms with Crippen LogP contribution < -0.4 is 15.4 Å². The van der Waals surface area contributed by atoms with Crippen LogP contribution in [0.2, 0.25) is 0 Å². The van der Waals surface area contributed by atoms with Crippen LogP contribution in [0.1, 0.15) is 18.5 Å². The molecule has 13 heteroatoms. The van der Waals surface area contributed by atoms with Gasteiger partial charge in [-0.3, -0.25) is 4.21 Å². The van der Waals surface area contributed by atoms with Crippen molar-refractivity contribution in [3.05, 3.63) is 47.9 Å². The molecule has 2 unspecified atom stereocenters. The lowest BCUT2D eigenvalue weighted by molar-refractivity contribution is -0.140. The predicted molar refractivity (Wildman–Crippen MR) is 160 cm³/mol. The summed E-state index contributed by atoms with van der Waals surface area (Å²) < 4.78 is 78.6. The third-order valence-corrected chi connectivity index (χ3v) is 8.11. The van der Waals surface area contributed by atoms with Crippen molar-refractivity contribution < 1.29 is 36.4 Å². The van der Waals surface area contributed by atoms with E-state index in [1.54, 1.807) is 25.3 Å². The number of nitrogens with one attached hydrogen (secondary N) is 2. The molecule has 234 valence electrons. The lowest BCUT2D eigenvalue weighted by atomic mass is 10.0. The van der Waals surface area contributed by atoms with Gasteiger partial charge in [0, 0.05) is 55.0 Å². The van der Waals surface area contributed by atoms with Crippen molar-refractivity contribution in [3.63, 3.8) is 0 Å². The van der Waals surface area contributed by atoms with Gasteiger partial charge < -0.3 is 34.7 Å². The van der Waals surface area contributed by atoms with Crippen LogP contribution >= 0.6 is 0 Å². The van der Waals surface area contributed by atoms with Crippen LogP contribution in [0.4, 0.5) is 28.9 Å². The summed E-state index contributed by atoms with van der Waals surface area (Å²) in [7, 11) is 1.49. The lowest BCUT2D eigenvalue weighted by Gasteiger charge is -2.34. The number of ether oxygens (including phenoxy) is 2. The van der Waals surface area contributed by atoms with Crippen LogP contribution in [0, 0.1) is 17.7 Å². The van der Waals surface area contributed by atoms with E-state index in [1.165, 1.54) is 19.4 Å². The molecule has 1 saturated heterocycles. The number of rotatable bonds is 11. The number of halogens is 4. The maximum absolute atomic E-state index is 14.7. The van der Waals surface area contributed by atoms with Crippen molar-refractivity contribution in [3.8, 4) is 17.6 Å². The molecule has 2 atom stereocenters. The molecule has 1 aliphatic heterocycles. The van der Waals surface area contributed by atoms with Crippen molar-refractivity contribution >= 4 is 33.1 Å². The molecule has 0 spiro atoms. The number of piperidine rings is 1. The molecule has 3 N–H and O–H groups in total. The van der Waals surface area contributed by atoms with Crippen LogP contribution in [-0.4, -0.2) is 90.4 Å². The van der Waals surface area contributed by atoms with Gasteiger partial charge in [0.1, 0.15) is 18.0 Å². The zero-order chi connectivity index (χ0) is 31.1. The molecule has 0 bridgehead atoms. The third kappa shape index (κ3) is 8.63. The van der Waals surface area contributed by atoms with Gasteiger partial charge in [0.2, 0.25) is 0 Å². The summed E-state index contributed by atoms with van der Waals surface area (Å²) in [5.41, 5.74) is 1.32. The van der Waals surface area contributed by atoms with E-state index in [1.807, 2.05) is 6.07 Å². The highest BCUT2D eigenvalue weighted by Gasteiger charge is 2.30. The predicted octanol–water partition coefficient (Wildman–Crippen LogP) is 4.44. The van der Waals surface area contributed by atoms with Crippen LogP contribution in [-0.2, 0) is 22.1 Å². The maximum atomic E-state index is 14.7. The van der Waals surface area contributed by atoms with Crippen molar-refractivity contribution in [1.82, 2.24) is 9.47 Å². The zero-order valence-electron chi connectivity index (χ0n) is 24.3. The summed E-state index contributed by atoms with van der Waals surface area (Å²) in [4.78, 5) is 2.43. The second-order valence-electron chi connectivity index (χ2n) is 10.4. The molecule has 0 aliphatic carbocycles. The first-order chi connectivity index (χ1) is 20.5. The van der Waals surface area contributed by atoms with Crippen LogP contribution in [0.25, 0.3) is 10.9 Å². The van der Waals surface area contributed by atoms with Gasteiger partial charge in [0.05, 0.1) is 48.4 Å². The maximum Gasteiger partial charge on any atom is 0.406 e. The normalized spacial score (nSPS) is 16.0. The number of hydrogen-bond donors (Lipinski definition) is 3. The molecule has 2 aromatic carbocycles. The fraction of sp³-hybridized carbons (Fsp3) is 0.467. The minimum atomic E-state index is -4.47. The van der Waals surface area contributed by atoms with Gasteiger partial charge in [-0.1, -0.05) is 12.0 Å². The Morgan fingerprint density at radius 1 is 1.19 bits per heavy atom. The number of aromatic nitrogens is 1. The number of alkyl halides is 3. The van der Waals surface area contributed by atoms with Crippen LogP contribution in [0.15, 0.2) is 41.3 Å². The Morgan fingerprint density at radius 2 is 1.93 bits per heavy atom. The van der Waals surface area contributed by atoms with Gasteiger partial charge in [0.15, 0.2) is 5.82 Å². The number of hydrogen-bond acceptors (Lipinski definition) is 7. The Labute approximate surface area is 250 Å². The molecule has 0 saturated carbocycles. The first-order valence-electron chi connectivity index (χ1n) is 13.8. The molecule has 8 nitrogen and oxygen atoms in total. The molecule has 1 fully saturated rings. The highest BCUT2D eigenvalue weighted by molar-refractivity contribution is 7.84. The number of aliphatic hydroxyl groups is 1. The molecule has 1 aromatic heterocycles. The average Bonchev–Trinajstić information content (AvgIpc) is 3.29. The van der Waals surface area contributed by atoms with Gasteiger partial charge in [-0.2, -0.15) is 13.2 Å². The molecule has 0 radical (unpaired) electrons. The number of anilines is 2. The van der Waals surface area contributed by atoms with Gasteiger partial charge >= 0.3 is 6.18 Å². The standard InChI is InChI=1S/C30H36F4N4O4S/c1-41-18-22(39)17-37-12-9-20(10-13-37)36-26-7-4-8-27-24(26)14-21(38(27)19-30(32,33)34)6-5-11-35-29-25(31)15-23(43(3)40)16-28(29)42-2/h4,7-8,14-16,20,22,35-36,39H,9-13,17-19H2,1-3H3. The van der Waals surface area contributed by atoms with Crippen molar-refractivity contribution in [2.45, 2.75) is 42.6 Å². The van der Waals surface area contributed by atoms with Crippen molar-refractivity contribution in [1.29, 1.82) is 0 Å². The van der Waals surface area contributed by atoms with E-state index in [9.17, 15) is 26.9 Å². The van der Waals surface area contributed by atoms with E-state index in [0.29, 0.717) is 17.4 Å². The first kappa shape index (κ1) is 32.6. The highest BCUT2D eigenvalue weighted by atomic mass is 32.2. The number of methoxy groups -OCH3 is 2.